The molecule has 4 heteroatoms. The zero-order valence-electron chi connectivity index (χ0n) is 10.9. The Morgan fingerprint density at radius 3 is 2.47 bits per heavy atom. The molecule has 0 bridgehead atoms. The van der Waals surface area contributed by atoms with Crippen LogP contribution in [0.1, 0.15) is 29.9 Å². The second kappa shape index (κ2) is 7.01. The Hall–Kier alpha value is -1.42. The van der Waals surface area contributed by atoms with Gasteiger partial charge in [-0.3, -0.25) is 9.78 Å². The molecule has 4 nitrogen and oxygen atoms in total. The highest BCUT2D eigenvalue weighted by atomic mass is 16.2. The van der Waals surface area contributed by atoms with Crippen LogP contribution in [-0.2, 0) is 0 Å². The van der Waals surface area contributed by atoms with Crippen molar-refractivity contribution >= 4 is 5.91 Å². The first kappa shape index (κ1) is 13.6. The number of nitrogens with zero attached hydrogens (tertiary/aromatic N) is 2. The summed E-state index contributed by atoms with van der Waals surface area (Å²) in [6.45, 7) is 9.24. The predicted molar refractivity (Wildman–Crippen MR) is 69.1 cm³/mol. The van der Waals surface area contributed by atoms with Crippen LogP contribution in [0.4, 0.5) is 0 Å². The second-order valence-corrected chi connectivity index (χ2v) is 3.73. The Morgan fingerprint density at radius 2 is 1.94 bits per heavy atom. The average molecular weight is 235 g/mol. The van der Waals surface area contributed by atoms with E-state index in [-0.39, 0.29) is 5.91 Å². The highest BCUT2D eigenvalue weighted by Gasteiger charge is 2.17. The summed E-state index contributed by atoms with van der Waals surface area (Å²) in [5.41, 5.74) is 1.62. The van der Waals surface area contributed by atoms with Crippen LogP contribution >= 0.6 is 0 Å². The monoisotopic (exact) mass is 235 g/mol. The van der Waals surface area contributed by atoms with Gasteiger partial charge in [-0.15, -0.1) is 0 Å². The number of rotatable bonds is 1. The minimum absolute atomic E-state index is 0.0870. The van der Waals surface area contributed by atoms with E-state index in [4.69, 9.17) is 0 Å². The first-order valence-corrected chi connectivity index (χ1v) is 6.20. The molecule has 94 valence electrons. The van der Waals surface area contributed by atoms with E-state index in [2.05, 4.69) is 10.3 Å². The Kier molecular flexibility index (Phi) is 5.63. The number of nitrogens with one attached hydrogen (secondary N) is 1. The lowest BCUT2D eigenvalue weighted by Gasteiger charge is -2.27. The molecule has 0 aliphatic carbocycles. The Balaban J connectivity index is 0.000000686. The van der Waals surface area contributed by atoms with Crippen molar-refractivity contribution < 1.29 is 4.79 Å². The van der Waals surface area contributed by atoms with Crippen molar-refractivity contribution in [1.82, 2.24) is 15.2 Å². The highest BCUT2D eigenvalue weighted by Crippen LogP contribution is 2.05. The van der Waals surface area contributed by atoms with Gasteiger partial charge in [0.15, 0.2) is 0 Å². The summed E-state index contributed by atoms with van der Waals surface area (Å²) in [6, 6.07) is 3.71. The molecule has 2 heterocycles. The lowest BCUT2D eigenvalue weighted by atomic mass is 10.2. The molecule has 0 spiro atoms. The van der Waals surface area contributed by atoms with Gasteiger partial charge in [-0.1, -0.05) is 13.8 Å². The van der Waals surface area contributed by atoms with Crippen LogP contribution in [0, 0.1) is 6.92 Å². The van der Waals surface area contributed by atoms with Crippen molar-refractivity contribution in [3.05, 3.63) is 29.6 Å². The van der Waals surface area contributed by atoms with Gasteiger partial charge < -0.3 is 10.2 Å². The number of pyridine rings is 1. The number of hydrogen-bond acceptors (Lipinski definition) is 3. The maximum absolute atomic E-state index is 12.0. The van der Waals surface area contributed by atoms with Gasteiger partial charge in [0.2, 0.25) is 0 Å². The average Bonchev–Trinajstić information content (AvgIpc) is 2.42. The topological polar surface area (TPSA) is 45.2 Å². The van der Waals surface area contributed by atoms with Gasteiger partial charge in [-0.05, 0) is 19.1 Å². The smallest absolute Gasteiger partial charge is 0.255 e. The van der Waals surface area contributed by atoms with Crippen molar-refractivity contribution in [2.24, 2.45) is 0 Å². The normalized spacial score (nSPS) is 14.9. The minimum Gasteiger partial charge on any atom is -0.336 e. The van der Waals surface area contributed by atoms with Gasteiger partial charge in [0.05, 0.1) is 5.56 Å². The molecule has 0 aromatic carbocycles. The summed E-state index contributed by atoms with van der Waals surface area (Å²) in [5, 5.41) is 3.22. The fourth-order valence-electron chi connectivity index (χ4n) is 1.64. The van der Waals surface area contributed by atoms with Crippen molar-refractivity contribution in [1.29, 1.82) is 0 Å². The van der Waals surface area contributed by atoms with E-state index in [0.717, 1.165) is 31.9 Å². The van der Waals surface area contributed by atoms with Crippen LogP contribution in [0.15, 0.2) is 18.3 Å². The third-order valence-electron chi connectivity index (χ3n) is 2.56. The molecular formula is C13H21N3O. The van der Waals surface area contributed by atoms with E-state index in [9.17, 15) is 4.79 Å². The number of carbonyl (C=O) groups is 1. The zero-order chi connectivity index (χ0) is 12.7. The van der Waals surface area contributed by atoms with Gasteiger partial charge in [0, 0.05) is 38.1 Å². The minimum atomic E-state index is 0.0870. The summed E-state index contributed by atoms with van der Waals surface area (Å²) in [6.07, 6.45) is 1.65. The van der Waals surface area contributed by atoms with E-state index in [0.29, 0.717) is 5.56 Å². The van der Waals surface area contributed by atoms with Crippen LogP contribution in [0.3, 0.4) is 0 Å². The van der Waals surface area contributed by atoms with Crippen LogP contribution < -0.4 is 5.32 Å². The largest absolute Gasteiger partial charge is 0.336 e. The summed E-state index contributed by atoms with van der Waals surface area (Å²) < 4.78 is 0. The van der Waals surface area contributed by atoms with Crippen LogP contribution in [0.2, 0.25) is 0 Å². The Morgan fingerprint density at radius 1 is 1.29 bits per heavy atom. The van der Waals surface area contributed by atoms with Crippen molar-refractivity contribution in [3.63, 3.8) is 0 Å². The third kappa shape index (κ3) is 3.82. The van der Waals surface area contributed by atoms with E-state index in [1.807, 2.05) is 37.8 Å². The van der Waals surface area contributed by atoms with Crippen LogP contribution in [0.5, 0.6) is 0 Å². The molecule has 0 saturated carbocycles. The van der Waals surface area contributed by atoms with Gasteiger partial charge in [0.25, 0.3) is 5.91 Å². The maximum atomic E-state index is 12.0. The number of carbonyl (C=O) groups excluding carboxylic acids is 1. The lowest BCUT2D eigenvalue weighted by Crippen LogP contribution is -2.46. The molecule has 1 aromatic rings. The molecule has 1 aliphatic rings. The maximum Gasteiger partial charge on any atom is 0.255 e. The SMILES string of the molecule is CC.Cc1ccc(C(=O)N2CCNCC2)cn1. The molecule has 17 heavy (non-hydrogen) atoms. The number of piperazine rings is 1. The predicted octanol–water partition coefficient (Wildman–Crippen LogP) is 1.46. The van der Waals surface area contributed by atoms with E-state index < -0.39 is 0 Å². The summed E-state index contributed by atoms with van der Waals surface area (Å²) in [4.78, 5) is 18.0. The summed E-state index contributed by atoms with van der Waals surface area (Å²) in [5.74, 6) is 0.0870. The molecule has 0 radical (unpaired) electrons. The molecule has 0 unspecified atom stereocenters. The van der Waals surface area contributed by atoms with E-state index in [1.165, 1.54) is 0 Å². The summed E-state index contributed by atoms with van der Waals surface area (Å²) in [7, 11) is 0. The fourth-order valence-corrected chi connectivity index (χ4v) is 1.64. The molecular weight excluding hydrogens is 214 g/mol. The molecule has 1 fully saturated rings. The number of amides is 1. The van der Waals surface area contributed by atoms with Crippen LogP contribution in [-0.4, -0.2) is 42.0 Å². The first-order valence-electron chi connectivity index (χ1n) is 6.20. The highest BCUT2D eigenvalue weighted by molar-refractivity contribution is 5.94. The van der Waals surface area contributed by atoms with Gasteiger partial charge in [-0.25, -0.2) is 0 Å². The van der Waals surface area contributed by atoms with Crippen LogP contribution in [0.25, 0.3) is 0 Å². The molecule has 1 amide bonds. The summed E-state index contributed by atoms with van der Waals surface area (Å²) >= 11 is 0. The standard InChI is InChI=1S/C11H15N3O.C2H6/c1-9-2-3-10(8-13-9)11(15)14-6-4-12-5-7-14;1-2/h2-3,8,12H,4-7H2,1H3;1-2H3. The van der Waals surface area contributed by atoms with Crippen molar-refractivity contribution in [2.75, 3.05) is 26.2 Å². The fraction of sp³-hybridized carbons (Fsp3) is 0.538. The Labute approximate surface area is 103 Å². The van der Waals surface area contributed by atoms with E-state index in [1.54, 1.807) is 6.20 Å². The molecule has 1 aliphatic heterocycles. The lowest BCUT2D eigenvalue weighted by molar-refractivity contribution is 0.0735. The molecule has 1 aromatic heterocycles. The number of aromatic nitrogens is 1. The van der Waals surface area contributed by atoms with E-state index >= 15 is 0 Å². The first-order chi connectivity index (χ1) is 8.27. The number of hydrogen-bond donors (Lipinski definition) is 1. The molecule has 1 saturated heterocycles. The molecule has 0 atom stereocenters. The molecule has 2 rings (SSSR count). The quantitative estimate of drug-likeness (QED) is 0.801. The zero-order valence-corrected chi connectivity index (χ0v) is 10.9. The van der Waals surface area contributed by atoms with Gasteiger partial charge >= 0.3 is 0 Å². The molecule has 1 N–H and O–H groups in total. The number of aryl methyl sites for hydroxylation is 1. The van der Waals surface area contributed by atoms with Gasteiger partial charge in [0.1, 0.15) is 0 Å². The van der Waals surface area contributed by atoms with Crippen molar-refractivity contribution in [3.8, 4) is 0 Å². The van der Waals surface area contributed by atoms with Crippen molar-refractivity contribution in [2.45, 2.75) is 20.8 Å². The van der Waals surface area contributed by atoms with Gasteiger partial charge in [-0.2, -0.15) is 0 Å². The Bertz CT molecular complexity index is 342. The third-order valence-corrected chi connectivity index (χ3v) is 2.56. The second-order valence-electron chi connectivity index (χ2n) is 3.73.